The number of hydrogen-bond acceptors (Lipinski definition) is 3. The third kappa shape index (κ3) is 3.67. The molecule has 1 fully saturated rings. The van der Waals surface area contributed by atoms with Crippen LogP contribution in [-0.4, -0.2) is 36.1 Å². The molecular weight excluding hydrogens is 433 g/mol. The van der Waals surface area contributed by atoms with Crippen LogP contribution in [0.25, 0.3) is 21.7 Å². The van der Waals surface area contributed by atoms with Crippen molar-refractivity contribution >= 4 is 44.3 Å². The number of ether oxygens (including phenoxy) is 1. The van der Waals surface area contributed by atoms with Crippen molar-refractivity contribution in [1.29, 1.82) is 0 Å². The van der Waals surface area contributed by atoms with Gasteiger partial charge in [0.05, 0.1) is 12.1 Å². The molecule has 0 bridgehead atoms. The second kappa shape index (κ2) is 8.09. The zero-order chi connectivity index (χ0) is 17.9. The van der Waals surface area contributed by atoms with Gasteiger partial charge in [-0.25, -0.2) is 4.98 Å². The highest BCUT2D eigenvalue weighted by molar-refractivity contribution is 14.1. The Morgan fingerprint density at radius 3 is 2.54 bits per heavy atom. The quantitative estimate of drug-likeness (QED) is 0.373. The van der Waals surface area contributed by atoms with Crippen LogP contribution in [0.15, 0.2) is 42.5 Å². The van der Waals surface area contributed by atoms with Crippen molar-refractivity contribution in [2.45, 2.75) is 26.2 Å². The Morgan fingerprint density at radius 1 is 1.04 bits per heavy atom. The van der Waals surface area contributed by atoms with Crippen LogP contribution < -0.4 is 4.74 Å². The molecule has 0 radical (unpaired) electrons. The Kier molecular flexibility index (Phi) is 5.60. The first-order chi connectivity index (χ1) is 12.8. The highest BCUT2D eigenvalue weighted by Crippen LogP contribution is 2.33. The molecule has 0 unspecified atom stereocenters. The van der Waals surface area contributed by atoms with Gasteiger partial charge in [-0.05, 0) is 84.9 Å². The minimum Gasteiger partial charge on any atom is -0.477 e. The number of pyridine rings is 1. The molecule has 136 valence electrons. The van der Waals surface area contributed by atoms with Gasteiger partial charge in [0.15, 0.2) is 0 Å². The third-order valence-corrected chi connectivity index (χ3v) is 6.22. The lowest BCUT2D eigenvalue weighted by molar-refractivity contribution is 0.140. The number of likely N-dealkylation sites (tertiary alicyclic amines) is 1. The average molecular weight is 458 g/mol. The SMILES string of the molecule is CCCN1CCC(COc2nc3c([125I])cccc3c3ccccc23)CC1. The highest BCUT2D eigenvalue weighted by atomic mass is 125. The Labute approximate surface area is 168 Å². The van der Waals surface area contributed by atoms with E-state index >= 15 is 0 Å². The number of halogens is 1. The van der Waals surface area contributed by atoms with Crippen molar-refractivity contribution in [1.82, 2.24) is 9.88 Å². The van der Waals surface area contributed by atoms with Crippen LogP contribution >= 0.6 is 22.6 Å². The van der Waals surface area contributed by atoms with Crippen molar-refractivity contribution in [3.63, 3.8) is 0 Å². The van der Waals surface area contributed by atoms with E-state index in [2.05, 4.69) is 76.9 Å². The number of hydrogen-bond donors (Lipinski definition) is 0. The van der Waals surface area contributed by atoms with Crippen molar-refractivity contribution in [2.75, 3.05) is 26.2 Å². The van der Waals surface area contributed by atoms with Crippen LogP contribution in [0, 0.1) is 9.49 Å². The Morgan fingerprint density at radius 2 is 1.77 bits per heavy atom. The third-order valence-electron chi connectivity index (χ3n) is 5.35. The maximum absolute atomic E-state index is 6.28. The van der Waals surface area contributed by atoms with E-state index in [0.717, 1.165) is 23.4 Å². The molecular formula is C22H25IN2O. The van der Waals surface area contributed by atoms with Gasteiger partial charge in [0, 0.05) is 14.3 Å². The van der Waals surface area contributed by atoms with Gasteiger partial charge in [-0.3, -0.25) is 0 Å². The molecule has 26 heavy (non-hydrogen) atoms. The Hall–Kier alpha value is -1.40. The van der Waals surface area contributed by atoms with Gasteiger partial charge in [0.2, 0.25) is 5.88 Å². The van der Waals surface area contributed by atoms with Gasteiger partial charge >= 0.3 is 0 Å². The molecule has 1 aromatic heterocycles. The van der Waals surface area contributed by atoms with Gasteiger partial charge in [0.25, 0.3) is 0 Å². The molecule has 1 aliphatic heterocycles. The van der Waals surface area contributed by atoms with Crippen LogP contribution in [-0.2, 0) is 0 Å². The average Bonchev–Trinajstić information content (AvgIpc) is 2.68. The molecule has 2 heterocycles. The standard InChI is InChI=1S/C22H25IN2O/c1-2-12-25-13-10-16(11-14-25)15-26-22-19-7-4-3-6-17(19)18-8-5-9-20(23)21(18)24-22/h3-9,16H,2,10-15H2,1H3/i23-2. The van der Waals surface area contributed by atoms with E-state index in [1.807, 2.05) is 0 Å². The summed E-state index contributed by atoms with van der Waals surface area (Å²) in [6, 6.07) is 14.8. The smallest absolute Gasteiger partial charge is 0.221 e. The number of benzene rings is 2. The summed E-state index contributed by atoms with van der Waals surface area (Å²) in [6.07, 6.45) is 3.69. The largest absolute Gasteiger partial charge is 0.477 e. The minimum atomic E-state index is 0.634. The van der Waals surface area contributed by atoms with Crippen LogP contribution in [0.3, 0.4) is 0 Å². The molecule has 4 rings (SSSR count). The molecule has 3 aromatic rings. The van der Waals surface area contributed by atoms with Crippen LogP contribution in [0.1, 0.15) is 26.2 Å². The monoisotopic (exact) mass is 458 g/mol. The fourth-order valence-corrected chi connectivity index (χ4v) is 4.53. The number of aromatic nitrogens is 1. The zero-order valence-corrected chi connectivity index (χ0v) is 17.4. The van der Waals surface area contributed by atoms with E-state index in [0.29, 0.717) is 5.92 Å². The fourth-order valence-electron chi connectivity index (χ4n) is 3.91. The van der Waals surface area contributed by atoms with E-state index in [1.165, 1.54) is 53.2 Å². The van der Waals surface area contributed by atoms with Crippen molar-refractivity contribution in [3.05, 3.63) is 46.0 Å². The van der Waals surface area contributed by atoms with Gasteiger partial charge in [0.1, 0.15) is 0 Å². The maximum Gasteiger partial charge on any atom is 0.221 e. The highest BCUT2D eigenvalue weighted by Gasteiger charge is 2.20. The van der Waals surface area contributed by atoms with E-state index in [9.17, 15) is 0 Å². The molecule has 0 N–H and O–H groups in total. The minimum absolute atomic E-state index is 0.634. The van der Waals surface area contributed by atoms with Crippen molar-refractivity contribution in [2.24, 2.45) is 5.92 Å². The first-order valence-corrected chi connectivity index (χ1v) is 10.7. The van der Waals surface area contributed by atoms with Gasteiger partial charge < -0.3 is 9.64 Å². The Bertz CT molecular complexity index is 903. The lowest BCUT2D eigenvalue weighted by Crippen LogP contribution is -2.35. The molecule has 1 saturated heterocycles. The van der Waals surface area contributed by atoms with E-state index in [4.69, 9.17) is 9.72 Å². The summed E-state index contributed by atoms with van der Waals surface area (Å²) in [5, 5.41) is 3.54. The predicted octanol–water partition coefficient (Wildman–Crippen LogP) is 5.49. The number of rotatable bonds is 5. The van der Waals surface area contributed by atoms with Gasteiger partial charge in [-0.1, -0.05) is 37.3 Å². The number of para-hydroxylation sites is 1. The summed E-state index contributed by atoms with van der Waals surface area (Å²) >= 11 is 2.37. The summed E-state index contributed by atoms with van der Waals surface area (Å²) in [6.45, 7) is 6.65. The lowest BCUT2D eigenvalue weighted by atomic mass is 9.98. The van der Waals surface area contributed by atoms with Crippen LogP contribution in [0.5, 0.6) is 5.88 Å². The molecule has 3 nitrogen and oxygen atoms in total. The zero-order valence-electron chi connectivity index (χ0n) is 15.2. The van der Waals surface area contributed by atoms with E-state index in [1.54, 1.807) is 0 Å². The number of fused-ring (bicyclic) bond motifs is 3. The predicted molar refractivity (Wildman–Crippen MR) is 117 cm³/mol. The topological polar surface area (TPSA) is 25.4 Å². The maximum atomic E-state index is 6.28. The second-order valence-electron chi connectivity index (χ2n) is 7.19. The van der Waals surface area contributed by atoms with E-state index < -0.39 is 0 Å². The van der Waals surface area contributed by atoms with Crippen LogP contribution in [0.2, 0.25) is 0 Å². The summed E-state index contributed by atoms with van der Waals surface area (Å²) in [5.41, 5.74) is 1.04. The molecule has 0 amide bonds. The summed E-state index contributed by atoms with van der Waals surface area (Å²) in [5.74, 6) is 1.42. The summed E-state index contributed by atoms with van der Waals surface area (Å²) in [4.78, 5) is 7.46. The van der Waals surface area contributed by atoms with Gasteiger partial charge in [-0.15, -0.1) is 0 Å². The molecule has 0 atom stereocenters. The number of piperidine rings is 1. The number of nitrogens with zero attached hydrogens (tertiary/aromatic N) is 2. The lowest BCUT2D eigenvalue weighted by Gasteiger charge is -2.31. The molecule has 1 aliphatic rings. The summed E-state index contributed by atoms with van der Waals surface area (Å²) < 4.78 is 7.45. The molecule has 0 saturated carbocycles. The fraction of sp³-hybridized carbons (Fsp3) is 0.409. The first-order valence-electron chi connectivity index (χ1n) is 9.58. The normalized spacial score (nSPS) is 16.4. The molecule has 0 spiro atoms. The molecule has 2 aromatic carbocycles. The second-order valence-corrected chi connectivity index (χ2v) is 8.36. The summed E-state index contributed by atoms with van der Waals surface area (Å²) in [7, 11) is 0. The van der Waals surface area contributed by atoms with Crippen LogP contribution in [0.4, 0.5) is 0 Å². The van der Waals surface area contributed by atoms with Crippen molar-refractivity contribution in [3.8, 4) is 5.88 Å². The molecule has 0 aliphatic carbocycles. The van der Waals surface area contributed by atoms with E-state index in [-0.39, 0.29) is 0 Å². The molecule has 4 heteroatoms. The van der Waals surface area contributed by atoms with Gasteiger partial charge in [-0.2, -0.15) is 0 Å². The first kappa shape index (κ1) is 18.0. The Balaban J connectivity index is 1.57. The van der Waals surface area contributed by atoms with Crippen molar-refractivity contribution < 1.29 is 4.74 Å².